The summed E-state index contributed by atoms with van der Waals surface area (Å²) in [5, 5.41) is 8.94. The predicted molar refractivity (Wildman–Crippen MR) is 65.1 cm³/mol. The minimum Gasteiger partial charge on any atom is -0.505 e. The summed E-state index contributed by atoms with van der Waals surface area (Å²) in [6.45, 7) is 0. The molecular formula is C12H5F6NO3S. The van der Waals surface area contributed by atoms with Gasteiger partial charge < -0.3 is 5.11 Å². The van der Waals surface area contributed by atoms with Crippen LogP contribution in [-0.4, -0.2) is 13.5 Å². The number of phenols is 1. The van der Waals surface area contributed by atoms with Gasteiger partial charge in [0, 0.05) is 6.07 Å². The maximum atomic E-state index is 13.5. The van der Waals surface area contributed by atoms with Crippen LogP contribution in [0.4, 0.5) is 32.0 Å². The van der Waals surface area contributed by atoms with Crippen molar-refractivity contribution < 1.29 is 39.9 Å². The van der Waals surface area contributed by atoms with E-state index in [0.29, 0.717) is 12.1 Å². The van der Waals surface area contributed by atoms with E-state index in [9.17, 15) is 34.8 Å². The number of phenolic OH excluding ortho intramolecular Hbond substituents is 1. The summed E-state index contributed by atoms with van der Waals surface area (Å²) < 4.78 is 104. The van der Waals surface area contributed by atoms with Gasteiger partial charge in [-0.1, -0.05) is 0 Å². The fraction of sp³-hybridized carbons (Fsp3) is 0. The molecule has 124 valence electrons. The van der Waals surface area contributed by atoms with Crippen molar-refractivity contribution in [2.24, 2.45) is 0 Å². The van der Waals surface area contributed by atoms with Gasteiger partial charge in [-0.2, -0.15) is 0 Å². The van der Waals surface area contributed by atoms with Gasteiger partial charge in [0.2, 0.25) is 5.82 Å². The highest BCUT2D eigenvalue weighted by atomic mass is 32.2. The number of aromatic hydroxyl groups is 1. The van der Waals surface area contributed by atoms with E-state index in [1.165, 1.54) is 4.72 Å². The van der Waals surface area contributed by atoms with Crippen LogP contribution in [0.5, 0.6) is 5.75 Å². The summed E-state index contributed by atoms with van der Waals surface area (Å²) in [5.74, 6) is -14.6. The molecule has 23 heavy (non-hydrogen) atoms. The first-order chi connectivity index (χ1) is 10.6. The first-order valence-electron chi connectivity index (χ1n) is 5.59. The Hall–Kier alpha value is -2.43. The van der Waals surface area contributed by atoms with E-state index in [4.69, 9.17) is 5.11 Å². The molecule has 2 rings (SSSR count). The molecule has 4 nitrogen and oxygen atoms in total. The highest BCUT2D eigenvalue weighted by molar-refractivity contribution is 7.92. The SMILES string of the molecule is O=S(=O)(Nc1ccc(O)c(F)c1)c1c(F)c(F)c(F)c(F)c1F. The summed E-state index contributed by atoms with van der Waals surface area (Å²) in [6.07, 6.45) is 0. The molecule has 0 radical (unpaired) electrons. The first kappa shape index (κ1) is 16.9. The number of nitrogens with one attached hydrogen (secondary N) is 1. The highest BCUT2D eigenvalue weighted by Crippen LogP contribution is 2.29. The molecule has 11 heteroatoms. The second kappa shape index (κ2) is 5.65. The number of halogens is 6. The zero-order chi connectivity index (χ0) is 17.5. The Labute approximate surface area is 125 Å². The van der Waals surface area contributed by atoms with Gasteiger partial charge in [0.05, 0.1) is 5.69 Å². The molecule has 0 spiro atoms. The zero-order valence-electron chi connectivity index (χ0n) is 10.7. The molecule has 0 amide bonds. The Kier molecular flexibility index (Phi) is 4.16. The van der Waals surface area contributed by atoms with Crippen LogP contribution in [-0.2, 0) is 10.0 Å². The number of hydrogen-bond acceptors (Lipinski definition) is 3. The lowest BCUT2D eigenvalue weighted by Crippen LogP contribution is -2.19. The molecule has 0 aromatic heterocycles. The Morgan fingerprint density at radius 1 is 0.826 bits per heavy atom. The molecule has 0 aliphatic rings. The van der Waals surface area contributed by atoms with Crippen molar-refractivity contribution in [1.82, 2.24) is 0 Å². The van der Waals surface area contributed by atoms with Crippen molar-refractivity contribution in [3.05, 3.63) is 53.1 Å². The molecule has 0 heterocycles. The number of sulfonamides is 1. The molecule has 0 unspecified atom stereocenters. The second-order valence-electron chi connectivity index (χ2n) is 4.17. The van der Waals surface area contributed by atoms with Crippen molar-refractivity contribution in [2.45, 2.75) is 4.90 Å². The van der Waals surface area contributed by atoms with Crippen molar-refractivity contribution in [2.75, 3.05) is 4.72 Å². The van der Waals surface area contributed by atoms with Crippen LogP contribution >= 0.6 is 0 Å². The largest absolute Gasteiger partial charge is 0.505 e. The van der Waals surface area contributed by atoms with Gasteiger partial charge in [-0.25, -0.2) is 34.8 Å². The van der Waals surface area contributed by atoms with Gasteiger partial charge in [-0.05, 0) is 12.1 Å². The van der Waals surface area contributed by atoms with E-state index < -0.39 is 61.3 Å². The normalized spacial score (nSPS) is 11.6. The fourth-order valence-corrected chi connectivity index (χ4v) is 2.79. The van der Waals surface area contributed by atoms with E-state index >= 15 is 0 Å². The third kappa shape index (κ3) is 2.91. The molecule has 0 atom stereocenters. The number of hydrogen-bond donors (Lipinski definition) is 2. The molecule has 0 aliphatic carbocycles. The average molecular weight is 357 g/mol. The Bertz CT molecular complexity index is 871. The molecule has 0 fully saturated rings. The van der Waals surface area contributed by atoms with Crippen LogP contribution in [0, 0.1) is 34.9 Å². The highest BCUT2D eigenvalue weighted by Gasteiger charge is 2.33. The minimum absolute atomic E-state index is 0.443. The maximum absolute atomic E-state index is 13.5. The quantitative estimate of drug-likeness (QED) is 0.384. The third-order valence-electron chi connectivity index (χ3n) is 2.64. The summed E-state index contributed by atoms with van der Waals surface area (Å²) in [7, 11) is -5.26. The maximum Gasteiger partial charge on any atom is 0.267 e. The third-order valence-corrected chi connectivity index (χ3v) is 4.04. The number of benzene rings is 2. The molecule has 0 bridgehead atoms. The molecule has 2 N–H and O–H groups in total. The smallest absolute Gasteiger partial charge is 0.267 e. The monoisotopic (exact) mass is 357 g/mol. The van der Waals surface area contributed by atoms with Crippen LogP contribution in [0.1, 0.15) is 0 Å². The molecular weight excluding hydrogens is 352 g/mol. The van der Waals surface area contributed by atoms with E-state index in [-0.39, 0.29) is 0 Å². The standard InChI is InChI=1S/C12H5F6NO3S/c13-5-3-4(1-2-6(5)20)19-23(21,22)12-10(17)8(15)7(14)9(16)11(12)18/h1-3,19-20H. The topological polar surface area (TPSA) is 66.4 Å². The van der Waals surface area contributed by atoms with Crippen molar-refractivity contribution in [3.8, 4) is 5.75 Å². The van der Waals surface area contributed by atoms with Crippen LogP contribution in [0.3, 0.4) is 0 Å². The summed E-state index contributed by atoms with van der Waals surface area (Å²) >= 11 is 0. The Morgan fingerprint density at radius 3 is 1.78 bits per heavy atom. The Balaban J connectivity index is 2.58. The van der Waals surface area contributed by atoms with Crippen LogP contribution in [0.25, 0.3) is 0 Å². The van der Waals surface area contributed by atoms with Gasteiger partial charge in [0.1, 0.15) is 0 Å². The van der Waals surface area contributed by atoms with Gasteiger partial charge in [-0.3, -0.25) is 4.72 Å². The van der Waals surface area contributed by atoms with Gasteiger partial charge >= 0.3 is 0 Å². The van der Waals surface area contributed by atoms with E-state index in [2.05, 4.69) is 0 Å². The predicted octanol–water partition coefficient (Wildman–Crippen LogP) is 3.03. The second-order valence-corrected chi connectivity index (χ2v) is 5.79. The summed E-state index contributed by atoms with van der Waals surface area (Å²) in [6, 6.07) is 1.96. The number of anilines is 1. The Morgan fingerprint density at radius 2 is 1.30 bits per heavy atom. The van der Waals surface area contributed by atoms with Gasteiger partial charge in [0.15, 0.2) is 39.7 Å². The number of rotatable bonds is 3. The molecule has 2 aromatic rings. The van der Waals surface area contributed by atoms with E-state index in [0.717, 1.165) is 6.07 Å². The van der Waals surface area contributed by atoms with Crippen LogP contribution < -0.4 is 4.72 Å². The lowest BCUT2D eigenvalue weighted by molar-refractivity contribution is 0.358. The first-order valence-corrected chi connectivity index (χ1v) is 7.07. The van der Waals surface area contributed by atoms with Gasteiger partial charge in [-0.15, -0.1) is 0 Å². The molecule has 0 saturated heterocycles. The average Bonchev–Trinajstić information content (AvgIpc) is 2.46. The van der Waals surface area contributed by atoms with E-state index in [1.807, 2.05) is 0 Å². The zero-order valence-corrected chi connectivity index (χ0v) is 11.5. The molecule has 0 saturated carbocycles. The fourth-order valence-electron chi connectivity index (χ4n) is 1.60. The minimum atomic E-state index is -5.26. The van der Waals surface area contributed by atoms with E-state index in [1.54, 1.807) is 0 Å². The van der Waals surface area contributed by atoms with Crippen LogP contribution in [0.15, 0.2) is 23.1 Å². The molecule has 2 aromatic carbocycles. The van der Waals surface area contributed by atoms with Crippen molar-refractivity contribution in [3.63, 3.8) is 0 Å². The summed E-state index contributed by atoms with van der Waals surface area (Å²) in [5.41, 5.74) is -0.607. The summed E-state index contributed by atoms with van der Waals surface area (Å²) in [4.78, 5) is -2.11. The van der Waals surface area contributed by atoms with Gasteiger partial charge in [0.25, 0.3) is 10.0 Å². The van der Waals surface area contributed by atoms with Crippen LogP contribution in [0.2, 0.25) is 0 Å². The molecule has 0 aliphatic heterocycles. The lowest BCUT2D eigenvalue weighted by atomic mass is 10.3. The lowest BCUT2D eigenvalue weighted by Gasteiger charge is -2.11. The van der Waals surface area contributed by atoms with Crippen molar-refractivity contribution >= 4 is 15.7 Å². The van der Waals surface area contributed by atoms with Crippen molar-refractivity contribution in [1.29, 1.82) is 0 Å².